The molecule has 3 fully saturated rings. The smallest absolute Gasteiger partial charge is 0.254 e. The van der Waals surface area contributed by atoms with Gasteiger partial charge in [-0.1, -0.05) is 6.07 Å². The lowest BCUT2D eigenvalue weighted by Crippen LogP contribution is -2.40. The summed E-state index contributed by atoms with van der Waals surface area (Å²) in [7, 11) is 1.66. The average Bonchev–Trinajstić information content (AvgIpc) is 3.47. The third-order valence-corrected chi connectivity index (χ3v) is 7.71. The Morgan fingerprint density at radius 2 is 1.71 bits per heavy atom. The summed E-state index contributed by atoms with van der Waals surface area (Å²) < 4.78 is 22.9. The predicted octanol–water partition coefficient (Wildman–Crippen LogP) is 3.45. The largest absolute Gasteiger partial charge is 0.497 e. The van der Waals surface area contributed by atoms with E-state index in [2.05, 4.69) is 15.9 Å². The number of morpholine rings is 2. The monoisotopic (exact) mass is 519 g/mol. The lowest BCUT2D eigenvalue weighted by Gasteiger charge is -2.30. The van der Waals surface area contributed by atoms with E-state index < -0.39 is 0 Å². The molecule has 1 atom stereocenters. The quantitative estimate of drug-likeness (QED) is 0.507. The number of hydrogen-bond acceptors (Lipinski definition) is 8. The van der Waals surface area contributed by atoms with E-state index in [9.17, 15) is 9.59 Å². The van der Waals surface area contributed by atoms with Crippen LogP contribution in [0.3, 0.4) is 0 Å². The number of benzene rings is 2. The van der Waals surface area contributed by atoms with Crippen molar-refractivity contribution >= 4 is 28.4 Å². The van der Waals surface area contributed by atoms with Gasteiger partial charge in [0.05, 0.1) is 45.0 Å². The molecule has 3 aliphatic rings. The fraction of sp³-hybridized carbons (Fsp3) is 0.448. The number of hydrogen-bond donors (Lipinski definition) is 0. The molecular formula is C29H33N3O6. The molecule has 1 amide bonds. The maximum Gasteiger partial charge on any atom is 0.254 e. The highest BCUT2D eigenvalue weighted by atomic mass is 16.5. The zero-order valence-corrected chi connectivity index (χ0v) is 21.7. The fourth-order valence-corrected chi connectivity index (χ4v) is 5.72. The van der Waals surface area contributed by atoms with Crippen molar-refractivity contribution in [3.8, 4) is 5.75 Å². The van der Waals surface area contributed by atoms with Crippen LogP contribution < -0.4 is 20.0 Å². The molecular weight excluding hydrogens is 486 g/mol. The minimum Gasteiger partial charge on any atom is -0.497 e. The van der Waals surface area contributed by atoms with Gasteiger partial charge in [-0.3, -0.25) is 9.59 Å². The van der Waals surface area contributed by atoms with Crippen molar-refractivity contribution in [3.63, 3.8) is 0 Å². The van der Waals surface area contributed by atoms with E-state index in [4.69, 9.17) is 18.6 Å². The Morgan fingerprint density at radius 3 is 2.47 bits per heavy atom. The van der Waals surface area contributed by atoms with Gasteiger partial charge in [-0.2, -0.15) is 0 Å². The Balaban J connectivity index is 1.48. The van der Waals surface area contributed by atoms with Gasteiger partial charge in [0.15, 0.2) is 11.3 Å². The molecule has 4 heterocycles. The first kappa shape index (κ1) is 24.8. The van der Waals surface area contributed by atoms with Crippen LogP contribution in [0.1, 0.15) is 34.8 Å². The summed E-state index contributed by atoms with van der Waals surface area (Å²) in [6, 6.07) is 13.2. The Labute approximate surface area is 221 Å². The van der Waals surface area contributed by atoms with Gasteiger partial charge in [0.1, 0.15) is 11.3 Å². The van der Waals surface area contributed by atoms with Gasteiger partial charge in [-0.15, -0.1) is 0 Å². The first-order valence-electron chi connectivity index (χ1n) is 13.3. The number of rotatable bonds is 5. The van der Waals surface area contributed by atoms with Crippen molar-refractivity contribution < 1.29 is 23.4 Å². The standard InChI is InChI=1S/C29H33N3O6/c1-35-22-5-2-4-21(18-22)32-7-3-6-25(32)23-16-20(29(34)31-10-14-37-15-11-31)17-24-26(33)19-27(38-28(23)24)30-8-12-36-13-9-30/h2,4-5,16-19,25H,3,6-15H2,1H3/t25-/m0/s1. The van der Waals surface area contributed by atoms with Crippen LogP contribution in [0.5, 0.6) is 5.75 Å². The minimum atomic E-state index is -0.142. The van der Waals surface area contributed by atoms with Gasteiger partial charge in [-0.05, 0) is 37.1 Å². The number of carbonyl (C=O) groups excluding carboxylic acids is 1. The third kappa shape index (κ3) is 4.72. The molecule has 0 N–H and O–H groups in total. The molecule has 3 aromatic rings. The molecule has 3 aliphatic heterocycles. The Hall–Kier alpha value is -3.56. The summed E-state index contributed by atoms with van der Waals surface area (Å²) in [4.78, 5) is 33.2. The molecule has 3 saturated heterocycles. The van der Waals surface area contributed by atoms with E-state index in [0.29, 0.717) is 75.0 Å². The maximum atomic E-state index is 13.6. The molecule has 0 saturated carbocycles. The molecule has 0 radical (unpaired) electrons. The molecule has 9 nitrogen and oxygen atoms in total. The molecule has 0 aliphatic carbocycles. The zero-order valence-electron chi connectivity index (χ0n) is 21.7. The van der Waals surface area contributed by atoms with Crippen LogP contribution in [0.25, 0.3) is 11.0 Å². The number of ether oxygens (including phenoxy) is 3. The van der Waals surface area contributed by atoms with E-state index in [1.54, 1.807) is 24.1 Å². The average molecular weight is 520 g/mol. The molecule has 200 valence electrons. The fourth-order valence-electron chi connectivity index (χ4n) is 5.72. The molecule has 6 rings (SSSR count). The summed E-state index contributed by atoms with van der Waals surface area (Å²) >= 11 is 0. The minimum absolute atomic E-state index is 0.0508. The first-order valence-corrected chi connectivity index (χ1v) is 13.3. The lowest BCUT2D eigenvalue weighted by molar-refractivity contribution is 0.0303. The summed E-state index contributed by atoms with van der Waals surface area (Å²) in [6.45, 7) is 5.47. The summed E-state index contributed by atoms with van der Waals surface area (Å²) in [5.74, 6) is 1.25. The van der Waals surface area contributed by atoms with Gasteiger partial charge in [-0.25, -0.2) is 0 Å². The van der Waals surface area contributed by atoms with Crippen LogP contribution in [0.4, 0.5) is 11.6 Å². The third-order valence-electron chi connectivity index (χ3n) is 7.71. The van der Waals surface area contributed by atoms with Crippen LogP contribution in [-0.4, -0.2) is 77.1 Å². The van der Waals surface area contributed by atoms with Crippen molar-refractivity contribution in [2.45, 2.75) is 18.9 Å². The van der Waals surface area contributed by atoms with E-state index in [1.165, 1.54) is 0 Å². The summed E-state index contributed by atoms with van der Waals surface area (Å²) in [5, 5.41) is 0.439. The Morgan fingerprint density at radius 1 is 0.947 bits per heavy atom. The highest BCUT2D eigenvalue weighted by molar-refractivity contribution is 5.99. The molecule has 0 bridgehead atoms. The molecule has 38 heavy (non-hydrogen) atoms. The zero-order chi connectivity index (χ0) is 26.1. The van der Waals surface area contributed by atoms with Gasteiger partial charge in [0.2, 0.25) is 0 Å². The van der Waals surface area contributed by atoms with Crippen LogP contribution in [0, 0.1) is 0 Å². The highest BCUT2D eigenvalue weighted by Gasteiger charge is 2.31. The maximum absolute atomic E-state index is 13.6. The number of anilines is 2. The topological polar surface area (TPSA) is 84.7 Å². The van der Waals surface area contributed by atoms with E-state index in [-0.39, 0.29) is 17.4 Å². The molecule has 2 aromatic carbocycles. The summed E-state index contributed by atoms with van der Waals surface area (Å²) in [6.07, 6.45) is 1.87. The van der Waals surface area contributed by atoms with Gasteiger partial charge in [0.25, 0.3) is 5.91 Å². The normalized spacial score (nSPS) is 20.2. The Bertz CT molecular complexity index is 1380. The van der Waals surface area contributed by atoms with Crippen LogP contribution in [-0.2, 0) is 9.47 Å². The number of amides is 1. The van der Waals surface area contributed by atoms with Crippen molar-refractivity contribution in [2.75, 3.05) is 76.1 Å². The van der Waals surface area contributed by atoms with Gasteiger partial charge in [0, 0.05) is 61.7 Å². The number of nitrogens with zero attached hydrogens (tertiary/aromatic N) is 3. The second-order valence-corrected chi connectivity index (χ2v) is 9.95. The number of methoxy groups -OCH3 is 1. The van der Waals surface area contributed by atoms with Crippen molar-refractivity contribution in [3.05, 3.63) is 63.8 Å². The first-order chi connectivity index (χ1) is 18.6. The van der Waals surface area contributed by atoms with Crippen molar-refractivity contribution in [1.82, 2.24) is 4.90 Å². The Kier molecular flexibility index (Phi) is 6.95. The van der Waals surface area contributed by atoms with Gasteiger partial charge >= 0.3 is 0 Å². The van der Waals surface area contributed by atoms with Crippen LogP contribution in [0.15, 0.2) is 51.7 Å². The van der Waals surface area contributed by atoms with E-state index in [1.807, 2.05) is 24.3 Å². The molecule has 0 unspecified atom stereocenters. The SMILES string of the molecule is COc1cccc(N2CCC[C@H]2c2cc(C(=O)N3CCOCC3)cc3c(=O)cc(N4CCOCC4)oc23)c1. The lowest BCUT2D eigenvalue weighted by atomic mass is 9.97. The van der Waals surface area contributed by atoms with Crippen molar-refractivity contribution in [2.24, 2.45) is 0 Å². The number of fused-ring (bicyclic) bond motifs is 1. The predicted molar refractivity (Wildman–Crippen MR) is 145 cm³/mol. The molecule has 1 aromatic heterocycles. The van der Waals surface area contributed by atoms with Crippen LogP contribution in [0.2, 0.25) is 0 Å². The van der Waals surface area contributed by atoms with Gasteiger partial charge < -0.3 is 33.3 Å². The molecule has 0 spiro atoms. The van der Waals surface area contributed by atoms with Crippen LogP contribution >= 0.6 is 0 Å². The summed E-state index contributed by atoms with van der Waals surface area (Å²) in [5.41, 5.74) is 2.83. The highest BCUT2D eigenvalue weighted by Crippen LogP contribution is 2.41. The van der Waals surface area contributed by atoms with E-state index in [0.717, 1.165) is 36.4 Å². The number of carbonyl (C=O) groups is 1. The second-order valence-electron chi connectivity index (χ2n) is 9.95. The van der Waals surface area contributed by atoms with Crippen molar-refractivity contribution in [1.29, 1.82) is 0 Å². The molecule has 9 heteroatoms. The second kappa shape index (κ2) is 10.7. The van der Waals surface area contributed by atoms with E-state index >= 15 is 0 Å².